The summed E-state index contributed by atoms with van der Waals surface area (Å²) in [6, 6.07) is 22.7. The number of benzene rings is 3. The number of nitrogens with zero attached hydrogens (tertiary/aromatic N) is 3. The predicted molar refractivity (Wildman–Crippen MR) is 201 cm³/mol. The molecule has 11 heteroatoms. The van der Waals surface area contributed by atoms with Crippen molar-refractivity contribution in [2.75, 3.05) is 25.0 Å². The van der Waals surface area contributed by atoms with Crippen LogP contribution in [-0.2, 0) is 30.5 Å². The highest BCUT2D eigenvalue weighted by Crippen LogP contribution is 2.31. The van der Waals surface area contributed by atoms with Crippen LogP contribution in [0.2, 0.25) is 0 Å². The maximum absolute atomic E-state index is 14.3. The van der Waals surface area contributed by atoms with Gasteiger partial charge in [-0.2, -0.15) is 0 Å². The number of likely N-dealkylation sites (tertiary alicyclic amines) is 1. The highest BCUT2D eigenvalue weighted by atomic mass is 16.6. The first kappa shape index (κ1) is 38.2. The number of Topliss-reactive ketones (excluding diaryl/α,β-unsaturated/α-hetero) is 1. The molecule has 1 fully saturated rings. The quantitative estimate of drug-likeness (QED) is 0.154. The number of hydrogen-bond acceptors (Lipinski definition) is 7. The summed E-state index contributed by atoms with van der Waals surface area (Å²) in [6.45, 7) is 12.1. The summed E-state index contributed by atoms with van der Waals surface area (Å²) in [7, 11) is 0. The summed E-state index contributed by atoms with van der Waals surface area (Å²) in [6.07, 6.45) is 4.16. The molecule has 1 aromatic heterocycles. The van der Waals surface area contributed by atoms with Crippen LogP contribution in [0.25, 0.3) is 10.8 Å². The van der Waals surface area contributed by atoms with Gasteiger partial charge in [0, 0.05) is 25.7 Å². The Balaban J connectivity index is 1.37. The minimum Gasteiger partial charge on any atom is -0.444 e. The topological polar surface area (TPSA) is 132 Å². The number of anilines is 1. The number of rotatable bonds is 13. The summed E-state index contributed by atoms with van der Waals surface area (Å²) in [5.74, 6) is -0.988. The summed E-state index contributed by atoms with van der Waals surface area (Å²) in [5, 5.41) is 7.49. The van der Waals surface area contributed by atoms with Gasteiger partial charge in [-0.15, -0.1) is 0 Å². The van der Waals surface area contributed by atoms with Crippen LogP contribution < -0.4 is 10.6 Å². The molecule has 52 heavy (non-hydrogen) atoms. The number of nitrogens with one attached hydrogen (secondary N) is 2. The number of amides is 3. The van der Waals surface area contributed by atoms with E-state index in [1.165, 1.54) is 0 Å². The molecule has 3 amide bonds. The van der Waals surface area contributed by atoms with Gasteiger partial charge < -0.3 is 29.6 Å². The number of fused-ring (bicyclic) bond motifs is 1. The highest BCUT2D eigenvalue weighted by molar-refractivity contribution is 5.98. The number of aromatic nitrogens is 2. The molecule has 0 bridgehead atoms. The fourth-order valence-corrected chi connectivity index (χ4v) is 6.31. The van der Waals surface area contributed by atoms with Gasteiger partial charge in [0.25, 0.3) is 0 Å². The molecule has 0 saturated carbocycles. The summed E-state index contributed by atoms with van der Waals surface area (Å²) in [4.78, 5) is 60.7. The fraction of sp³-hybridized carbons (Fsp3) is 0.439. The normalized spacial score (nSPS) is 15.2. The Morgan fingerprint density at radius 1 is 0.904 bits per heavy atom. The first-order chi connectivity index (χ1) is 24.7. The zero-order valence-electron chi connectivity index (χ0n) is 31.1. The molecule has 3 aromatic carbocycles. The van der Waals surface area contributed by atoms with E-state index in [1.807, 2.05) is 77.7 Å². The van der Waals surface area contributed by atoms with Crippen LogP contribution in [0, 0.1) is 11.8 Å². The largest absolute Gasteiger partial charge is 0.444 e. The number of carbonyl (C=O) groups is 4. The molecule has 2 atom stereocenters. The lowest BCUT2D eigenvalue weighted by Crippen LogP contribution is -2.52. The van der Waals surface area contributed by atoms with Gasteiger partial charge in [-0.05, 0) is 75.3 Å². The van der Waals surface area contributed by atoms with E-state index >= 15 is 0 Å². The minimum atomic E-state index is -1.32. The van der Waals surface area contributed by atoms with Crippen LogP contribution in [0.1, 0.15) is 78.0 Å². The number of carbonyl (C=O) groups excluding carboxylic acids is 4. The van der Waals surface area contributed by atoms with E-state index in [0.29, 0.717) is 19.0 Å². The Morgan fingerprint density at radius 3 is 2.29 bits per heavy atom. The van der Waals surface area contributed by atoms with Crippen molar-refractivity contribution in [3.8, 4) is 0 Å². The van der Waals surface area contributed by atoms with Gasteiger partial charge in [-0.25, -0.2) is 9.78 Å². The van der Waals surface area contributed by atoms with E-state index in [-0.39, 0.29) is 37.1 Å². The van der Waals surface area contributed by atoms with Crippen molar-refractivity contribution in [2.24, 2.45) is 11.8 Å². The van der Waals surface area contributed by atoms with Gasteiger partial charge in [0.15, 0.2) is 11.6 Å². The number of imidazole rings is 1. The molecule has 2 heterocycles. The third-order valence-electron chi connectivity index (χ3n) is 9.34. The molecule has 11 nitrogen and oxygen atoms in total. The third kappa shape index (κ3) is 10.1. The number of ether oxygens (including phenoxy) is 2. The molecule has 0 spiro atoms. The number of hydrogen-bond donors (Lipinski definition) is 2. The van der Waals surface area contributed by atoms with Crippen molar-refractivity contribution < 1.29 is 28.7 Å². The van der Waals surface area contributed by atoms with Crippen molar-refractivity contribution in [3.63, 3.8) is 0 Å². The van der Waals surface area contributed by atoms with Crippen LogP contribution in [0.5, 0.6) is 0 Å². The Hall–Kier alpha value is -5.03. The fourth-order valence-electron chi connectivity index (χ4n) is 6.31. The van der Waals surface area contributed by atoms with Crippen LogP contribution in [0.4, 0.5) is 10.6 Å². The van der Waals surface area contributed by atoms with Gasteiger partial charge in [-0.3, -0.25) is 14.4 Å². The molecule has 2 N–H and O–H groups in total. The van der Waals surface area contributed by atoms with E-state index in [0.717, 1.165) is 34.7 Å². The van der Waals surface area contributed by atoms with E-state index in [4.69, 9.17) is 9.47 Å². The van der Waals surface area contributed by atoms with E-state index < -0.39 is 35.1 Å². The predicted octanol–water partition coefficient (Wildman–Crippen LogP) is 6.92. The molecule has 0 aliphatic carbocycles. The average Bonchev–Trinajstić information content (AvgIpc) is 3.55. The van der Waals surface area contributed by atoms with E-state index in [9.17, 15) is 19.2 Å². The smallest absolute Gasteiger partial charge is 0.408 e. The van der Waals surface area contributed by atoms with Crippen LogP contribution in [-0.4, -0.2) is 69.0 Å². The first-order valence-corrected chi connectivity index (χ1v) is 18.0. The minimum absolute atomic E-state index is 0.0315. The SMILES string of the molecule is CC1CCN(C(=O)C(c2cccc3ccccc23)n2cnc(NC(=O)[C@@H](COCc3ccccc3)CC(=O)C(C)(C)NC(=O)OC(C)(C)C)c2)CC1. The summed E-state index contributed by atoms with van der Waals surface area (Å²) in [5.41, 5.74) is -0.301. The number of piperidine rings is 1. The first-order valence-electron chi connectivity index (χ1n) is 18.0. The van der Waals surface area contributed by atoms with Crippen LogP contribution in [0.3, 0.4) is 0 Å². The van der Waals surface area contributed by atoms with Gasteiger partial charge in [0.05, 0.1) is 31.0 Å². The molecule has 0 radical (unpaired) electrons. The lowest BCUT2D eigenvalue weighted by Gasteiger charge is -2.33. The Kier molecular flexibility index (Phi) is 12.2. The van der Waals surface area contributed by atoms with Crippen molar-refractivity contribution in [1.29, 1.82) is 0 Å². The zero-order valence-corrected chi connectivity index (χ0v) is 31.1. The maximum Gasteiger partial charge on any atom is 0.408 e. The van der Waals surface area contributed by atoms with Crippen molar-refractivity contribution in [2.45, 2.75) is 84.6 Å². The zero-order chi connectivity index (χ0) is 37.5. The van der Waals surface area contributed by atoms with Crippen molar-refractivity contribution in [3.05, 3.63) is 96.4 Å². The van der Waals surface area contributed by atoms with Crippen molar-refractivity contribution in [1.82, 2.24) is 19.8 Å². The molecular weight excluding hydrogens is 658 g/mol. The van der Waals surface area contributed by atoms with Gasteiger partial charge in [-0.1, -0.05) is 79.7 Å². The Labute approximate surface area is 306 Å². The molecular formula is C41H51N5O6. The second-order valence-electron chi connectivity index (χ2n) is 15.3. The van der Waals surface area contributed by atoms with Gasteiger partial charge in [0.1, 0.15) is 11.6 Å². The highest BCUT2D eigenvalue weighted by Gasteiger charge is 2.36. The molecule has 5 rings (SSSR count). The molecule has 1 aliphatic heterocycles. The average molecular weight is 710 g/mol. The third-order valence-corrected chi connectivity index (χ3v) is 9.34. The maximum atomic E-state index is 14.3. The summed E-state index contributed by atoms with van der Waals surface area (Å²) >= 11 is 0. The molecule has 1 unspecified atom stereocenters. The van der Waals surface area contributed by atoms with Gasteiger partial charge >= 0.3 is 6.09 Å². The Morgan fingerprint density at radius 2 is 1.58 bits per heavy atom. The number of ketones is 1. The van der Waals surface area contributed by atoms with Crippen molar-refractivity contribution >= 4 is 40.3 Å². The van der Waals surface area contributed by atoms with E-state index in [2.05, 4.69) is 22.5 Å². The lowest BCUT2D eigenvalue weighted by molar-refractivity contribution is -0.134. The molecule has 276 valence electrons. The van der Waals surface area contributed by atoms with Crippen LogP contribution >= 0.6 is 0 Å². The second kappa shape index (κ2) is 16.5. The molecule has 1 saturated heterocycles. The monoisotopic (exact) mass is 709 g/mol. The standard InChI is InChI=1S/C41H51N5O6/c1-28-19-21-45(22-20-28)38(49)36(33-18-12-16-30-15-10-11-17-32(30)33)46-24-35(42-27-46)43-37(48)31(26-51-25-29-13-8-7-9-14-29)23-34(47)41(5,6)44-39(50)52-40(2,3)4/h7-18,24,27-28,31,36H,19-23,25-26H2,1-6H3,(H,43,48)(H,44,50)/t31-,36?/m1/s1. The number of alkyl carbamates (subject to hydrolysis) is 1. The Bertz CT molecular complexity index is 1850. The lowest BCUT2D eigenvalue weighted by atomic mass is 9.90. The van der Waals surface area contributed by atoms with Gasteiger partial charge in [0.2, 0.25) is 11.8 Å². The summed E-state index contributed by atoms with van der Waals surface area (Å²) < 4.78 is 13.1. The molecule has 1 aliphatic rings. The second-order valence-corrected chi connectivity index (χ2v) is 15.3. The van der Waals surface area contributed by atoms with Crippen LogP contribution in [0.15, 0.2) is 85.3 Å². The van der Waals surface area contributed by atoms with E-state index in [1.54, 1.807) is 51.7 Å². The molecule has 4 aromatic rings.